The first kappa shape index (κ1) is 11.9. The molecule has 1 atom stereocenters. The molecule has 92 valence electrons. The number of carboxylic acid groups (broad SMARTS) is 1. The van der Waals surface area contributed by atoms with Crippen LogP contribution >= 0.6 is 0 Å². The molecule has 0 aromatic carbocycles. The second kappa shape index (κ2) is 4.74. The van der Waals surface area contributed by atoms with Gasteiger partial charge in [0, 0.05) is 0 Å². The van der Waals surface area contributed by atoms with Crippen LogP contribution in [-0.2, 0) is 4.79 Å². The van der Waals surface area contributed by atoms with E-state index in [9.17, 15) is 4.79 Å². The maximum absolute atomic E-state index is 10.9. The minimum Gasteiger partial charge on any atom is -0.480 e. The molecule has 0 bridgehead atoms. The third-order valence-electron chi connectivity index (χ3n) is 4.68. The average Bonchev–Trinajstić information content (AvgIpc) is 2.30. The van der Waals surface area contributed by atoms with Crippen molar-refractivity contribution in [3.8, 4) is 0 Å². The number of hydrogen-bond acceptors (Lipinski definition) is 2. The van der Waals surface area contributed by atoms with E-state index in [1.54, 1.807) is 6.92 Å². The topological polar surface area (TPSA) is 40.5 Å². The van der Waals surface area contributed by atoms with E-state index in [1.807, 2.05) is 0 Å². The Morgan fingerprint density at radius 1 is 1.12 bits per heavy atom. The predicted octanol–water partition coefficient (Wildman–Crippen LogP) is 2.51. The Bertz CT molecular complexity index is 249. The Morgan fingerprint density at radius 3 is 2.19 bits per heavy atom. The minimum absolute atomic E-state index is 0.305. The number of aliphatic carboxylic acids is 1. The smallest absolute Gasteiger partial charge is 0.320 e. The van der Waals surface area contributed by atoms with Crippen LogP contribution in [0.3, 0.4) is 0 Å². The molecule has 1 aliphatic carbocycles. The van der Waals surface area contributed by atoms with Gasteiger partial charge in [0.25, 0.3) is 0 Å². The van der Waals surface area contributed by atoms with Crippen LogP contribution < -0.4 is 0 Å². The van der Waals surface area contributed by atoms with Gasteiger partial charge in [0.15, 0.2) is 0 Å². The van der Waals surface area contributed by atoms with Crippen molar-refractivity contribution in [3.05, 3.63) is 0 Å². The quantitative estimate of drug-likeness (QED) is 0.785. The molecule has 1 N–H and O–H groups in total. The van der Waals surface area contributed by atoms with Crippen LogP contribution in [0.15, 0.2) is 0 Å². The van der Waals surface area contributed by atoms with E-state index in [4.69, 9.17) is 5.11 Å². The standard InChI is InChI=1S/C13H23NO2/c1-11(12(15)16)14-9-7-13(8-10-14)5-3-2-4-6-13/h11H,2-10H2,1H3,(H,15,16). The molecule has 1 heterocycles. The van der Waals surface area contributed by atoms with Crippen LogP contribution in [0.4, 0.5) is 0 Å². The van der Waals surface area contributed by atoms with Crippen LogP contribution in [0.5, 0.6) is 0 Å². The molecule has 3 nitrogen and oxygen atoms in total. The summed E-state index contributed by atoms with van der Waals surface area (Å²) < 4.78 is 0. The summed E-state index contributed by atoms with van der Waals surface area (Å²) in [5.74, 6) is -0.681. The molecule has 2 fully saturated rings. The number of carbonyl (C=O) groups is 1. The Hall–Kier alpha value is -0.570. The van der Waals surface area contributed by atoms with E-state index >= 15 is 0 Å². The third kappa shape index (κ3) is 2.40. The molecule has 0 amide bonds. The molecule has 2 rings (SSSR count). The maximum atomic E-state index is 10.9. The van der Waals surface area contributed by atoms with Crippen LogP contribution in [0.1, 0.15) is 51.9 Å². The van der Waals surface area contributed by atoms with Gasteiger partial charge in [0.2, 0.25) is 0 Å². The Labute approximate surface area is 97.8 Å². The highest BCUT2D eigenvalue weighted by atomic mass is 16.4. The first-order valence-electron chi connectivity index (χ1n) is 6.60. The lowest BCUT2D eigenvalue weighted by molar-refractivity contribution is -0.143. The molecular weight excluding hydrogens is 202 g/mol. The van der Waals surface area contributed by atoms with Crippen LogP contribution in [0.2, 0.25) is 0 Å². The van der Waals surface area contributed by atoms with Crippen molar-refractivity contribution in [1.82, 2.24) is 4.90 Å². The Balaban J connectivity index is 1.88. The zero-order valence-electron chi connectivity index (χ0n) is 10.2. The number of piperidine rings is 1. The summed E-state index contributed by atoms with van der Waals surface area (Å²) in [4.78, 5) is 13.1. The molecule has 2 aliphatic rings. The summed E-state index contributed by atoms with van der Waals surface area (Å²) in [7, 11) is 0. The van der Waals surface area contributed by atoms with Gasteiger partial charge in [-0.2, -0.15) is 0 Å². The van der Waals surface area contributed by atoms with E-state index in [1.165, 1.54) is 44.9 Å². The highest BCUT2D eigenvalue weighted by Crippen LogP contribution is 2.44. The molecule has 16 heavy (non-hydrogen) atoms. The van der Waals surface area contributed by atoms with Crippen molar-refractivity contribution in [2.24, 2.45) is 5.41 Å². The fraction of sp³-hybridized carbons (Fsp3) is 0.923. The predicted molar refractivity (Wildman–Crippen MR) is 63.4 cm³/mol. The molecule has 1 saturated heterocycles. The summed E-state index contributed by atoms with van der Waals surface area (Å²) in [5.41, 5.74) is 0.576. The van der Waals surface area contributed by atoms with Gasteiger partial charge < -0.3 is 5.11 Å². The second-order valence-corrected chi connectivity index (χ2v) is 5.61. The van der Waals surface area contributed by atoms with E-state index in [-0.39, 0.29) is 6.04 Å². The van der Waals surface area contributed by atoms with Gasteiger partial charge in [-0.1, -0.05) is 19.3 Å². The summed E-state index contributed by atoms with van der Waals surface area (Å²) in [6.07, 6.45) is 9.35. The summed E-state index contributed by atoms with van der Waals surface area (Å²) >= 11 is 0. The molecule has 0 aromatic rings. The van der Waals surface area contributed by atoms with E-state index in [0.29, 0.717) is 5.41 Å². The first-order valence-corrected chi connectivity index (χ1v) is 6.60. The maximum Gasteiger partial charge on any atom is 0.320 e. The van der Waals surface area contributed by atoms with Gasteiger partial charge in [0.05, 0.1) is 0 Å². The lowest BCUT2D eigenvalue weighted by Gasteiger charge is -2.45. The lowest BCUT2D eigenvalue weighted by atomic mass is 9.68. The van der Waals surface area contributed by atoms with Crippen LogP contribution in [0.25, 0.3) is 0 Å². The van der Waals surface area contributed by atoms with Gasteiger partial charge in [-0.25, -0.2) is 0 Å². The van der Waals surface area contributed by atoms with Crippen molar-refractivity contribution >= 4 is 5.97 Å². The van der Waals surface area contributed by atoms with Gasteiger partial charge in [-0.05, 0) is 51.1 Å². The monoisotopic (exact) mass is 225 g/mol. The zero-order chi connectivity index (χ0) is 11.6. The van der Waals surface area contributed by atoms with Crippen molar-refractivity contribution in [3.63, 3.8) is 0 Å². The Morgan fingerprint density at radius 2 is 1.69 bits per heavy atom. The molecule has 3 heteroatoms. The third-order valence-corrected chi connectivity index (χ3v) is 4.68. The van der Waals surface area contributed by atoms with E-state index in [2.05, 4.69) is 4.90 Å². The molecule has 1 aliphatic heterocycles. The van der Waals surface area contributed by atoms with Crippen LogP contribution in [-0.4, -0.2) is 35.1 Å². The number of nitrogens with zero attached hydrogens (tertiary/aromatic N) is 1. The second-order valence-electron chi connectivity index (χ2n) is 5.61. The molecular formula is C13H23NO2. The largest absolute Gasteiger partial charge is 0.480 e. The number of likely N-dealkylation sites (tertiary alicyclic amines) is 1. The lowest BCUT2D eigenvalue weighted by Crippen LogP contribution is -2.47. The normalized spacial score (nSPS) is 27.8. The van der Waals surface area contributed by atoms with Crippen molar-refractivity contribution < 1.29 is 9.90 Å². The van der Waals surface area contributed by atoms with E-state index < -0.39 is 5.97 Å². The minimum atomic E-state index is -0.681. The molecule has 0 aromatic heterocycles. The molecule has 1 saturated carbocycles. The van der Waals surface area contributed by atoms with Gasteiger partial charge in [-0.3, -0.25) is 9.69 Å². The van der Waals surface area contributed by atoms with Crippen molar-refractivity contribution in [2.45, 2.75) is 57.9 Å². The highest BCUT2D eigenvalue weighted by molar-refractivity contribution is 5.72. The number of rotatable bonds is 2. The zero-order valence-corrected chi connectivity index (χ0v) is 10.2. The van der Waals surface area contributed by atoms with Crippen molar-refractivity contribution in [1.29, 1.82) is 0 Å². The van der Waals surface area contributed by atoms with Gasteiger partial charge in [0.1, 0.15) is 6.04 Å². The molecule has 0 radical (unpaired) electrons. The fourth-order valence-electron chi connectivity index (χ4n) is 3.34. The summed E-state index contributed by atoms with van der Waals surface area (Å²) in [5, 5.41) is 8.99. The molecule has 1 spiro atoms. The summed E-state index contributed by atoms with van der Waals surface area (Å²) in [6.45, 7) is 3.77. The molecule has 1 unspecified atom stereocenters. The number of carboxylic acids is 1. The Kier molecular flexibility index (Phi) is 3.53. The summed E-state index contributed by atoms with van der Waals surface area (Å²) in [6, 6.07) is -0.305. The first-order chi connectivity index (χ1) is 7.63. The van der Waals surface area contributed by atoms with E-state index in [0.717, 1.165) is 13.1 Å². The average molecular weight is 225 g/mol. The van der Waals surface area contributed by atoms with Gasteiger partial charge in [-0.15, -0.1) is 0 Å². The van der Waals surface area contributed by atoms with Crippen LogP contribution in [0, 0.1) is 5.41 Å². The highest BCUT2D eigenvalue weighted by Gasteiger charge is 2.37. The van der Waals surface area contributed by atoms with Gasteiger partial charge >= 0.3 is 5.97 Å². The SMILES string of the molecule is CC(C(=O)O)N1CCC2(CCCCC2)CC1. The van der Waals surface area contributed by atoms with Crippen molar-refractivity contribution in [2.75, 3.05) is 13.1 Å². The fourth-order valence-corrected chi connectivity index (χ4v) is 3.34. The number of hydrogen-bond donors (Lipinski definition) is 1.